The van der Waals surface area contributed by atoms with Crippen LogP contribution < -0.4 is 5.32 Å². The van der Waals surface area contributed by atoms with Crippen molar-refractivity contribution in [3.8, 4) is 11.5 Å². The summed E-state index contributed by atoms with van der Waals surface area (Å²) in [6, 6.07) is 4.81. The lowest BCUT2D eigenvalue weighted by atomic mass is 10.1. The molecule has 1 atom stereocenters. The van der Waals surface area contributed by atoms with Crippen LogP contribution >= 0.6 is 0 Å². The maximum absolute atomic E-state index is 11.3. The van der Waals surface area contributed by atoms with E-state index in [-0.39, 0.29) is 17.7 Å². The van der Waals surface area contributed by atoms with Gasteiger partial charge in [-0.25, -0.2) is 0 Å². The van der Waals surface area contributed by atoms with Crippen LogP contribution in [0, 0.1) is 17.0 Å². The smallest absolute Gasteiger partial charge is 0.293 e. The minimum absolute atomic E-state index is 0.0219. The lowest BCUT2D eigenvalue weighted by molar-refractivity contribution is -0.383. The highest BCUT2D eigenvalue weighted by molar-refractivity contribution is 5.69. The van der Waals surface area contributed by atoms with Gasteiger partial charge in [-0.15, -0.1) is 0 Å². The average molecular weight is 304 g/mol. The summed E-state index contributed by atoms with van der Waals surface area (Å²) in [6.07, 6.45) is 2.11. The van der Waals surface area contributed by atoms with Gasteiger partial charge in [-0.1, -0.05) is 5.16 Å². The second-order valence-corrected chi connectivity index (χ2v) is 5.15. The Kier molecular flexibility index (Phi) is 4.01. The predicted octanol–water partition coefficient (Wildman–Crippen LogP) is 2.54. The van der Waals surface area contributed by atoms with E-state index in [9.17, 15) is 10.1 Å². The zero-order valence-corrected chi connectivity index (χ0v) is 12.1. The molecule has 3 rings (SSSR count). The molecule has 8 heteroatoms. The van der Waals surface area contributed by atoms with E-state index < -0.39 is 4.92 Å². The van der Waals surface area contributed by atoms with Gasteiger partial charge in [0.1, 0.15) is 5.69 Å². The van der Waals surface area contributed by atoms with Crippen LogP contribution in [0.3, 0.4) is 0 Å². The number of nitro groups is 1. The summed E-state index contributed by atoms with van der Waals surface area (Å²) in [7, 11) is 0. The molecular formula is C14H16N4O4. The van der Waals surface area contributed by atoms with Gasteiger partial charge in [0, 0.05) is 24.8 Å². The van der Waals surface area contributed by atoms with Crippen LogP contribution in [0.1, 0.15) is 18.7 Å². The lowest BCUT2D eigenvalue weighted by Crippen LogP contribution is -2.18. The average Bonchev–Trinajstić information content (AvgIpc) is 3.16. The molecule has 1 aliphatic heterocycles. The Hall–Kier alpha value is -2.48. The van der Waals surface area contributed by atoms with Gasteiger partial charge >= 0.3 is 0 Å². The van der Waals surface area contributed by atoms with Gasteiger partial charge in [-0.3, -0.25) is 10.1 Å². The Balaban J connectivity index is 1.82. The number of ether oxygens (including phenoxy) is 1. The Morgan fingerprint density at radius 2 is 2.36 bits per heavy atom. The van der Waals surface area contributed by atoms with Crippen molar-refractivity contribution in [2.45, 2.75) is 25.9 Å². The van der Waals surface area contributed by atoms with Gasteiger partial charge in [-0.05, 0) is 31.9 Å². The highest BCUT2D eigenvalue weighted by atomic mass is 16.6. The first-order valence-corrected chi connectivity index (χ1v) is 7.08. The first-order valence-electron chi connectivity index (χ1n) is 7.08. The van der Waals surface area contributed by atoms with Crippen LogP contribution in [0.4, 0.5) is 11.4 Å². The van der Waals surface area contributed by atoms with E-state index in [0.717, 1.165) is 19.4 Å². The Morgan fingerprint density at radius 3 is 3.00 bits per heavy atom. The third-order valence-corrected chi connectivity index (χ3v) is 3.51. The first kappa shape index (κ1) is 14.5. The van der Waals surface area contributed by atoms with E-state index in [4.69, 9.17) is 9.26 Å². The molecule has 0 saturated carbocycles. The molecule has 2 heterocycles. The SMILES string of the molecule is Cc1noc(-c2ccc(NC[C@H]3CCCO3)c([N+](=O)[O-])c2)n1. The Labute approximate surface area is 126 Å². The van der Waals surface area contributed by atoms with E-state index in [1.807, 2.05) is 0 Å². The summed E-state index contributed by atoms with van der Waals surface area (Å²) in [5.74, 6) is 0.754. The monoisotopic (exact) mass is 304 g/mol. The van der Waals surface area contributed by atoms with E-state index in [0.29, 0.717) is 23.6 Å². The van der Waals surface area contributed by atoms with Crippen molar-refractivity contribution < 1.29 is 14.2 Å². The van der Waals surface area contributed by atoms with Crippen LogP contribution in [-0.4, -0.2) is 34.3 Å². The number of nitro benzene ring substituents is 1. The molecule has 0 radical (unpaired) electrons. The zero-order valence-electron chi connectivity index (χ0n) is 12.1. The van der Waals surface area contributed by atoms with E-state index in [1.54, 1.807) is 19.1 Å². The van der Waals surface area contributed by atoms with Gasteiger partial charge in [0.25, 0.3) is 11.6 Å². The molecule has 1 aromatic carbocycles. The summed E-state index contributed by atoms with van der Waals surface area (Å²) in [5.41, 5.74) is 0.960. The second kappa shape index (κ2) is 6.10. The standard InChI is InChI=1S/C14H16N4O4/c1-9-16-14(22-17-9)10-4-5-12(13(7-10)18(19)20)15-8-11-3-2-6-21-11/h4-5,7,11,15H,2-3,6,8H2,1H3/t11-/m1/s1. The number of rotatable bonds is 5. The van der Waals surface area contributed by atoms with Crippen LogP contribution in [0.15, 0.2) is 22.7 Å². The predicted molar refractivity (Wildman–Crippen MR) is 78.6 cm³/mol. The molecule has 8 nitrogen and oxygen atoms in total. The molecule has 1 fully saturated rings. The highest BCUT2D eigenvalue weighted by Crippen LogP contribution is 2.30. The molecule has 116 valence electrons. The van der Waals surface area contributed by atoms with Crippen molar-refractivity contribution in [3.63, 3.8) is 0 Å². The third kappa shape index (κ3) is 3.06. The minimum atomic E-state index is -0.426. The van der Waals surface area contributed by atoms with E-state index in [2.05, 4.69) is 15.5 Å². The number of hydrogen-bond acceptors (Lipinski definition) is 7. The summed E-state index contributed by atoms with van der Waals surface area (Å²) in [5, 5.41) is 18.1. The number of benzene rings is 1. The van der Waals surface area contributed by atoms with Crippen LogP contribution in [0.5, 0.6) is 0 Å². The van der Waals surface area contributed by atoms with Gasteiger partial charge in [0.05, 0.1) is 11.0 Å². The molecule has 2 aromatic rings. The van der Waals surface area contributed by atoms with Crippen molar-refractivity contribution >= 4 is 11.4 Å². The van der Waals surface area contributed by atoms with Crippen LogP contribution in [0.2, 0.25) is 0 Å². The molecule has 0 amide bonds. The van der Waals surface area contributed by atoms with Gasteiger partial charge in [0.2, 0.25) is 0 Å². The fourth-order valence-corrected chi connectivity index (χ4v) is 2.41. The third-order valence-electron chi connectivity index (χ3n) is 3.51. The molecule has 1 aliphatic rings. The first-order chi connectivity index (χ1) is 10.6. The second-order valence-electron chi connectivity index (χ2n) is 5.15. The number of nitrogens with one attached hydrogen (secondary N) is 1. The molecule has 1 saturated heterocycles. The number of aryl methyl sites for hydroxylation is 1. The maximum Gasteiger partial charge on any atom is 0.293 e. The lowest BCUT2D eigenvalue weighted by Gasteiger charge is -2.12. The van der Waals surface area contributed by atoms with Crippen molar-refractivity contribution in [3.05, 3.63) is 34.1 Å². The number of nitrogens with zero attached hydrogens (tertiary/aromatic N) is 3. The van der Waals surface area contributed by atoms with Crippen molar-refractivity contribution in [1.82, 2.24) is 10.1 Å². The zero-order chi connectivity index (χ0) is 15.5. The maximum atomic E-state index is 11.3. The van der Waals surface area contributed by atoms with Gasteiger partial charge in [-0.2, -0.15) is 4.98 Å². The fraction of sp³-hybridized carbons (Fsp3) is 0.429. The Bertz CT molecular complexity index is 679. The molecule has 1 aromatic heterocycles. The normalized spacial score (nSPS) is 17.6. The van der Waals surface area contributed by atoms with Crippen molar-refractivity contribution in [2.75, 3.05) is 18.5 Å². The Morgan fingerprint density at radius 1 is 1.50 bits per heavy atom. The van der Waals surface area contributed by atoms with Gasteiger partial charge in [0.15, 0.2) is 5.82 Å². The van der Waals surface area contributed by atoms with Crippen molar-refractivity contribution in [2.24, 2.45) is 0 Å². The largest absolute Gasteiger partial charge is 0.377 e. The quantitative estimate of drug-likeness (QED) is 0.668. The van der Waals surface area contributed by atoms with E-state index >= 15 is 0 Å². The van der Waals surface area contributed by atoms with Gasteiger partial charge < -0.3 is 14.6 Å². The molecule has 22 heavy (non-hydrogen) atoms. The molecule has 0 spiro atoms. The van der Waals surface area contributed by atoms with E-state index in [1.165, 1.54) is 6.07 Å². The molecule has 0 aliphatic carbocycles. The van der Waals surface area contributed by atoms with Crippen molar-refractivity contribution in [1.29, 1.82) is 0 Å². The summed E-state index contributed by atoms with van der Waals surface area (Å²) < 4.78 is 10.5. The molecular weight excluding hydrogens is 288 g/mol. The molecule has 0 bridgehead atoms. The highest BCUT2D eigenvalue weighted by Gasteiger charge is 2.20. The molecule has 1 N–H and O–H groups in total. The fourth-order valence-electron chi connectivity index (χ4n) is 2.41. The number of hydrogen-bond donors (Lipinski definition) is 1. The number of aromatic nitrogens is 2. The topological polar surface area (TPSA) is 103 Å². The minimum Gasteiger partial charge on any atom is -0.377 e. The van der Waals surface area contributed by atoms with Crippen LogP contribution in [0.25, 0.3) is 11.5 Å². The van der Waals surface area contributed by atoms with Crippen LogP contribution in [-0.2, 0) is 4.74 Å². The summed E-state index contributed by atoms with van der Waals surface area (Å²) in [4.78, 5) is 14.9. The summed E-state index contributed by atoms with van der Waals surface area (Å²) >= 11 is 0. The molecule has 0 unspecified atom stereocenters. The summed E-state index contributed by atoms with van der Waals surface area (Å²) in [6.45, 7) is 3.00. The number of anilines is 1.